The number of amides is 2. The average molecular weight is 390 g/mol. The summed E-state index contributed by atoms with van der Waals surface area (Å²) in [6.45, 7) is 4.37. The number of carbonyl (C=O) groups excluding carboxylic acids is 2. The van der Waals surface area contributed by atoms with Crippen LogP contribution in [0.2, 0.25) is 0 Å². The van der Waals surface area contributed by atoms with Gasteiger partial charge in [-0.05, 0) is 47.9 Å². The van der Waals surface area contributed by atoms with Crippen LogP contribution in [-0.4, -0.2) is 25.0 Å². The van der Waals surface area contributed by atoms with Crippen LogP contribution in [0.1, 0.15) is 31.0 Å². The van der Waals surface area contributed by atoms with E-state index < -0.39 is 0 Å². The zero-order valence-corrected chi connectivity index (χ0v) is 16.8. The Morgan fingerprint density at radius 1 is 0.966 bits per heavy atom. The molecule has 0 fully saturated rings. The standard InChI is InChI=1S/C24H26N2O3/c1-3-29-21-12-7-10-19(14-21)17(2)26-24(28)16-25-23(27)15-20-11-6-9-18-8-4-5-13-22(18)20/h4-14,17H,3,15-16H2,1-2H3,(H,25,27)(H,26,28). The molecule has 0 radical (unpaired) electrons. The quantitative estimate of drug-likeness (QED) is 0.615. The van der Waals surface area contributed by atoms with Gasteiger partial charge in [-0.1, -0.05) is 54.6 Å². The molecule has 0 aliphatic carbocycles. The molecule has 0 spiro atoms. The van der Waals surface area contributed by atoms with Gasteiger partial charge in [0.25, 0.3) is 0 Å². The number of benzene rings is 3. The number of carbonyl (C=O) groups is 2. The van der Waals surface area contributed by atoms with E-state index in [4.69, 9.17) is 4.74 Å². The van der Waals surface area contributed by atoms with Crippen molar-refractivity contribution in [2.24, 2.45) is 0 Å². The van der Waals surface area contributed by atoms with Crippen LogP contribution in [0.5, 0.6) is 5.75 Å². The first-order valence-corrected chi connectivity index (χ1v) is 9.82. The van der Waals surface area contributed by atoms with E-state index in [0.29, 0.717) is 6.61 Å². The van der Waals surface area contributed by atoms with Crippen molar-refractivity contribution in [3.8, 4) is 5.75 Å². The maximum atomic E-state index is 12.3. The van der Waals surface area contributed by atoms with Crippen LogP contribution in [0.4, 0.5) is 0 Å². The van der Waals surface area contributed by atoms with E-state index in [1.54, 1.807) is 0 Å². The Hall–Kier alpha value is -3.34. The highest BCUT2D eigenvalue weighted by atomic mass is 16.5. The predicted octanol–water partition coefficient (Wildman–Crippen LogP) is 3.77. The summed E-state index contributed by atoms with van der Waals surface area (Å²) in [6, 6.07) is 21.3. The Kier molecular flexibility index (Phi) is 6.85. The molecule has 0 aromatic heterocycles. The summed E-state index contributed by atoms with van der Waals surface area (Å²) < 4.78 is 5.50. The summed E-state index contributed by atoms with van der Waals surface area (Å²) in [4.78, 5) is 24.6. The van der Waals surface area contributed by atoms with E-state index in [0.717, 1.165) is 27.6 Å². The number of ether oxygens (including phenoxy) is 1. The van der Waals surface area contributed by atoms with E-state index in [1.165, 1.54) is 0 Å². The monoisotopic (exact) mass is 390 g/mol. The molecule has 3 aromatic carbocycles. The Bertz CT molecular complexity index is 995. The third-order valence-electron chi connectivity index (χ3n) is 4.72. The lowest BCUT2D eigenvalue weighted by Gasteiger charge is -2.16. The average Bonchev–Trinajstić information content (AvgIpc) is 2.73. The second-order valence-corrected chi connectivity index (χ2v) is 6.89. The Labute approximate surface area is 171 Å². The Morgan fingerprint density at radius 2 is 1.72 bits per heavy atom. The lowest BCUT2D eigenvalue weighted by molar-refractivity contribution is -0.126. The topological polar surface area (TPSA) is 67.4 Å². The molecule has 3 rings (SSSR count). The summed E-state index contributed by atoms with van der Waals surface area (Å²) in [7, 11) is 0. The van der Waals surface area contributed by atoms with Gasteiger partial charge in [0.1, 0.15) is 5.75 Å². The maximum absolute atomic E-state index is 12.3. The predicted molar refractivity (Wildman–Crippen MR) is 115 cm³/mol. The van der Waals surface area contributed by atoms with E-state index in [1.807, 2.05) is 80.6 Å². The number of nitrogens with one attached hydrogen (secondary N) is 2. The van der Waals surface area contributed by atoms with Crippen LogP contribution >= 0.6 is 0 Å². The second kappa shape index (κ2) is 9.73. The number of fused-ring (bicyclic) bond motifs is 1. The summed E-state index contributed by atoms with van der Waals surface area (Å²) in [5.74, 6) is 0.363. The second-order valence-electron chi connectivity index (χ2n) is 6.89. The van der Waals surface area contributed by atoms with Crippen molar-refractivity contribution in [2.45, 2.75) is 26.3 Å². The van der Waals surface area contributed by atoms with Gasteiger partial charge in [0.15, 0.2) is 0 Å². The van der Waals surface area contributed by atoms with Crippen LogP contribution in [0, 0.1) is 0 Å². The van der Waals surface area contributed by atoms with Gasteiger partial charge in [0, 0.05) is 0 Å². The van der Waals surface area contributed by atoms with Crippen molar-refractivity contribution < 1.29 is 14.3 Å². The highest BCUT2D eigenvalue weighted by molar-refractivity contribution is 5.91. The molecular weight excluding hydrogens is 364 g/mol. The summed E-state index contributed by atoms with van der Waals surface area (Å²) in [5, 5.41) is 7.76. The minimum Gasteiger partial charge on any atom is -0.494 e. The van der Waals surface area contributed by atoms with E-state index in [2.05, 4.69) is 10.6 Å². The summed E-state index contributed by atoms with van der Waals surface area (Å²) >= 11 is 0. The van der Waals surface area contributed by atoms with Crippen LogP contribution in [0.15, 0.2) is 66.7 Å². The van der Waals surface area contributed by atoms with Crippen LogP contribution in [0.3, 0.4) is 0 Å². The van der Waals surface area contributed by atoms with Crippen molar-refractivity contribution in [3.63, 3.8) is 0 Å². The van der Waals surface area contributed by atoms with Gasteiger partial charge in [-0.2, -0.15) is 0 Å². The Balaban J connectivity index is 1.52. The number of rotatable bonds is 8. The fourth-order valence-electron chi connectivity index (χ4n) is 3.28. The fraction of sp³-hybridized carbons (Fsp3) is 0.250. The molecule has 0 saturated carbocycles. The lowest BCUT2D eigenvalue weighted by Crippen LogP contribution is -2.38. The first kappa shape index (κ1) is 20.4. The molecule has 0 aliphatic rings. The molecule has 5 heteroatoms. The smallest absolute Gasteiger partial charge is 0.239 e. The van der Waals surface area contributed by atoms with Gasteiger partial charge in [-0.3, -0.25) is 9.59 Å². The van der Waals surface area contributed by atoms with Crippen LogP contribution in [-0.2, 0) is 16.0 Å². The molecule has 0 bridgehead atoms. The zero-order chi connectivity index (χ0) is 20.6. The lowest BCUT2D eigenvalue weighted by atomic mass is 10.0. The molecule has 29 heavy (non-hydrogen) atoms. The summed E-state index contributed by atoms with van der Waals surface area (Å²) in [5.41, 5.74) is 1.90. The third-order valence-corrected chi connectivity index (χ3v) is 4.72. The van der Waals surface area contributed by atoms with Crippen molar-refractivity contribution in [1.82, 2.24) is 10.6 Å². The molecule has 0 saturated heterocycles. The molecule has 0 aliphatic heterocycles. The van der Waals surface area contributed by atoms with Crippen molar-refractivity contribution in [2.75, 3.05) is 13.2 Å². The normalized spacial score (nSPS) is 11.7. The molecule has 5 nitrogen and oxygen atoms in total. The van der Waals surface area contributed by atoms with Gasteiger partial charge in [0.05, 0.1) is 25.6 Å². The van der Waals surface area contributed by atoms with Crippen molar-refractivity contribution in [1.29, 1.82) is 0 Å². The maximum Gasteiger partial charge on any atom is 0.239 e. The molecule has 3 aromatic rings. The van der Waals surface area contributed by atoms with Crippen LogP contribution < -0.4 is 15.4 Å². The summed E-state index contributed by atoms with van der Waals surface area (Å²) in [6.07, 6.45) is 0.237. The minimum absolute atomic E-state index is 0.0565. The molecule has 2 N–H and O–H groups in total. The first-order valence-electron chi connectivity index (χ1n) is 9.82. The van der Waals surface area contributed by atoms with Gasteiger partial charge >= 0.3 is 0 Å². The molecule has 0 heterocycles. The van der Waals surface area contributed by atoms with Crippen molar-refractivity contribution in [3.05, 3.63) is 77.9 Å². The first-order chi connectivity index (χ1) is 14.1. The molecular formula is C24H26N2O3. The largest absolute Gasteiger partial charge is 0.494 e. The highest BCUT2D eigenvalue weighted by Gasteiger charge is 2.12. The minimum atomic E-state index is -0.231. The SMILES string of the molecule is CCOc1cccc(C(C)NC(=O)CNC(=O)Cc2cccc3ccccc23)c1. The third kappa shape index (κ3) is 5.57. The van der Waals surface area contributed by atoms with Crippen LogP contribution in [0.25, 0.3) is 10.8 Å². The molecule has 2 amide bonds. The molecule has 1 atom stereocenters. The Morgan fingerprint density at radius 3 is 2.55 bits per heavy atom. The fourth-order valence-corrected chi connectivity index (χ4v) is 3.28. The van der Waals surface area contributed by atoms with Gasteiger partial charge in [-0.15, -0.1) is 0 Å². The number of hydrogen-bond acceptors (Lipinski definition) is 3. The van der Waals surface area contributed by atoms with E-state index in [9.17, 15) is 9.59 Å². The van der Waals surface area contributed by atoms with Gasteiger partial charge in [-0.25, -0.2) is 0 Å². The molecule has 1 unspecified atom stereocenters. The molecule has 150 valence electrons. The number of hydrogen-bond donors (Lipinski definition) is 2. The van der Waals surface area contributed by atoms with Gasteiger partial charge in [0.2, 0.25) is 11.8 Å². The van der Waals surface area contributed by atoms with Crippen molar-refractivity contribution >= 4 is 22.6 Å². The zero-order valence-electron chi connectivity index (χ0n) is 16.8. The van der Waals surface area contributed by atoms with Gasteiger partial charge < -0.3 is 15.4 Å². The van der Waals surface area contributed by atoms with E-state index >= 15 is 0 Å². The van der Waals surface area contributed by atoms with E-state index in [-0.39, 0.29) is 30.8 Å². The highest BCUT2D eigenvalue weighted by Crippen LogP contribution is 2.20.